The van der Waals surface area contributed by atoms with Crippen LogP contribution in [0.2, 0.25) is 0 Å². The molecule has 0 bridgehead atoms. The topological polar surface area (TPSA) is 21.3 Å². The molecule has 1 aromatic rings. The van der Waals surface area contributed by atoms with Gasteiger partial charge in [-0.25, -0.2) is 0 Å². The maximum Gasteiger partial charge on any atom is 0.119 e. The first-order valence-corrected chi connectivity index (χ1v) is 7.99. The minimum absolute atomic E-state index is 0.823. The van der Waals surface area contributed by atoms with Crippen molar-refractivity contribution in [3.05, 3.63) is 41.5 Å². The largest absolute Gasteiger partial charge is 0.494 e. The van der Waals surface area contributed by atoms with Gasteiger partial charge in [0, 0.05) is 6.54 Å². The highest BCUT2D eigenvalue weighted by Crippen LogP contribution is 2.19. The van der Waals surface area contributed by atoms with Gasteiger partial charge in [-0.1, -0.05) is 37.1 Å². The van der Waals surface area contributed by atoms with E-state index in [1.54, 1.807) is 5.57 Å². The molecule has 2 nitrogen and oxygen atoms in total. The molecule has 1 N–H and O–H groups in total. The van der Waals surface area contributed by atoms with Crippen LogP contribution in [0.15, 0.2) is 35.9 Å². The van der Waals surface area contributed by atoms with E-state index in [0.717, 1.165) is 31.9 Å². The molecule has 0 saturated carbocycles. The zero-order valence-corrected chi connectivity index (χ0v) is 12.7. The maximum atomic E-state index is 5.67. The molecule has 0 heterocycles. The fraction of sp³-hybridized carbons (Fsp3) is 0.556. The van der Waals surface area contributed by atoms with E-state index >= 15 is 0 Å². The van der Waals surface area contributed by atoms with Crippen LogP contribution in [0.4, 0.5) is 0 Å². The second-order valence-electron chi connectivity index (χ2n) is 5.53. The predicted molar refractivity (Wildman–Crippen MR) is 85.1 cm³/mol. The summed E-state index contributed by atoms with van der Waals surface area (Å²) in [5, 5.41) is 3.52. The van der Waals surface area contributed by atoms with E-state index in [4.69, 9.17) is 4.74 Å². The number of rotatable bonds is 9. The van der Waals surface area contributed by atoms with Crippen molar-refractivity contribution < 1.29 is 4.74 Å². The Morgan fingerprint density at radius 2 is 2.05 bits per heavy atom. The number of unbranched alkanes of at least 4 members (excludes halogenated alkanes) is 1. The summed E-state index contributed by atoms with van der Waals surface area (Å²) >= 11 is 0. The molecule has 0 saturated heterocycles. The van der Waals surface area contributed by atoms with Crippen molar-refractivity contribution in [3.63, 3.8) is 0 Å². The Morgan fingerprint density at radius 3 is 2.75 bits per heavy atom. The Kier molecular flexibility index (Phi) is 6.65. The molecule has 110 valence electrons. The molecule has 0 aliphatic heterocycles. The van der Waals surface area contributed by atoms with E-state index < -0.39 is 0 Å². The third-order valence-electron chi connectivity index (χ3n) is 3.78. The zero-order chi connectivity index (χ0) is 14.0. The standard InChI is InChI=1S/C18H27NO/c1-2-3-14-20-18-10-8-17(9-11-18)15-19-13-12-16-6-4-5-7-16/h6,8-11,19H,2-5,7,12-15H2,1H3. The van der Waals surface area contributed by atoms with Crippen molar-refractivity contribution in [2.45, 2.75) is 52.0 Å². The maximum absolute atomic E-state index is 5.67. The molecule has 20 heavy (non-hydrogen) atoms. The number of nitrogens with one attached hydrogen (secondary N) is 1. The van der Waals surface area contributed by atoms with Gasteiger partial charge in [0.1, 0.15) is 5.75 Å². The quantitative estimate of drug-likeness (QED) is 0.530. The summed E-state index contributed by atoms with van der Waals surface area (Å²) in [5.74, 6) is 0.985. The van der Waals surface area contributed by atoms with Crippen LogP contribution < -0.4 is 10.1 Å². The smallest absolute Gasteiger partial charge is 0.119 e. The van der Waals surface area contributed by atoms with Gasteiger partial charge in [0.2, 0.25) is 0 Å². The van der Waals surface area contributed by atoms with Gasteiger partial charge in [0.05, 0.1) is 6.61 Å². The third kappa shape index (κ3) is 5.38. The molecule has 0 spiro atoms. The van der Waals surface area contributed by atoms with Crippen molar-refractivity contribution in [1.82, 2.24) is 5.32 Å². The molecule has 0 amide bonds. The lowest BCUT2D eigenvalue weighted by Crippen LogP contribution is -2.15. The average molecular weight is 273 g/mol. The molecule has 0 fully saturated rings. The Hall–Kier alpha value is -1.28. The van der Waals surface area contributed by atoms with E-state index in [1.165, 1.54) is 37.7 Å². The van der Waals surface area contributed by atoms with Crippen LogP contribution in [0.1, 0.15) is 51.0 Å². The minimum Gasteiger partial charge on any atom is -0.494 e. The van der Waals surface area contributed by atoms with Crippen LogP contribution in [0.3, 0.4) is 0 Å². The van der Waals surface area contributed by atoms with Gasteiger partial charge >= 0.3 is 0 Å². The van der Waals surface area contributed by atoms with Crippen molar-refractivity contribution in [3.8, 4) is 5.75 Å². The molecule has 1 aromatic carbocycles. The number of ether oxygens (including phenoxy) is 1. The van der Waals surface area contributed by atoms with E-state index in [0.29, 0.717) is 0 Å². The van der Waals surface area contributed by atoms with Gasteiger partial charge in [0.15, 0.2) is 0 Å². The number of allylic oxidation sites excluding steroid dienone is 1. The van der Waals surface area contributed by atoms with E-state index in [1.807, 2.05) is 0 Å². The summed E-state index contributed by atoms with van der Waals surface area (Å²) in [7, 11) is 0. The number of hydrogen-bond acceptors (Lipinski definition) is 2. The highest BCUT2D eigenvalue weighted by Gasteiger charge is 2.03. The van der Waals surface area contributed by atoms with Crippen LogP contribution in [0.25, 0.3) is 0 Å². The molecule has 0 aromatic heterocycles. The highest BCUT2D eigenvalue weighted by molar-refractivity contribution is 5.27. The number of hydrogen-bond donors (Lipinski definition) is 1. The van der Waals surface area contributed by atoms with E-state index in [9.17, 15) is 0 Å². The molecule has 0 radical (unpaired) electrons. The fourth-order valence-electron chi connectivity index (χ4n) is 2.48. The lowest BCUT2D eigenvalue weighted by Gasteiger charge is -2.08. The summed E-state index contributed by atoms with van der Waals surface area (Å²) in [6.45, 7) is 5.03. The molecule has 2 heteroatoms. The molecule has 1 aliphatic carbocycles. The van der Waals surface area contributed by atoms with Crippen molar-refractivity contribution in [1.29, 1.82) is 0 Å². The summed E-state index contributed by atoms with van der Waals surface area (Å²) in [6.07, 6.45) is 9.87. The van der Waals surface area contributed by atoms with Crippen molar-refractivity contribution in [2.75, 3.05) is 13.2 Å². The van der Waals surface area contributed by atoms with Gasteiger partial charge in [0.25, 0.3) is 0 Å². The predicted octanol–water partition coefficient (Wildman–Crippen LogP) is 4.46. The van der Waals surface area contributed by atoms with Crippen LogP contribution >= 0.6 is 0 Å². The SMILES string of the molecule is CCCCOc1ccc(CNCCC2=CCCC2)cc1. The summed E-state index contributed by atoms with van der Waals surface area (Å²) < 4.78 is 5.67. The Morgan fingerprint density at radius 1 is 1.20 bits per heavy atom. The average Bonchev–Trinajstić information content (AvgIpc) is 2.99. The molecule has 1 aliphatic rings. The Bertz CT molecular complexity index is 408. The Balaban J connectivity index is 1.62. The number of benzene rings is 1. The van der Waals surface area contributed by atoms with Gasteiger partial charge in [-0.2, -0.15) is 0 Å². The highest BCUT2D eigenvalue weighted by atomic mass is 16.5. The molecule has 0 atom stereocenters. The first-order chi connectivity index (χ1) is 9.88. The van der Waals surface area contributed by atoms with E-state index in [-0.39, 0.29) is 0 Å². The first-order valence-electron chi connectivity index (χ1n) is 7.99. The zero-order valence-electron chi connectivity index (χ0n) is 12.7. The first kappa shape index (κ1) is 15.1. The Labute approximate surface area is 123 Å². The van der Waals surface area contributed by atoms with Crippen molar-refractivity contribution in [2.24, 2.45) is 0 Å². The van der Waals surface area contributed by atoms with Gasteiger partial charge < -0.3 is 10.1 Å². The summed E-state index contributed by atoms with van der Waals surface area (Å²) in [4.78, 5) is 0. The molecular weight excluding hydrogens is 246 g/mol. The van der Waals surface area contributed by atoms with E-state index in [2.05, 4.69) is 42.6 Å². The lowest BCUT2D eigenvalue weighted by molar-refractivity contribution is 0.309. The van der Waals surface area contributed by atoms with Crippen LogP contribution in [0.5, 0.6) is 5.75 Å². The summed E-state index contributed by atoms with van der Waals surface area (Å²) in [5.41, 5.74) is 2.96. The normalized spacial score (nSPS) is 14.3. The van der Waals surface area contributed by atoms with Crippen LogP contribution in [-0.2, 0) is 6.54 Å². The third-order valence-corrected chi connectivity index (χ3v) is 3.78. The lowest BCUT2D eigenvalue weighted by atomic mass is 10.1. The molecular formula is C18H27NO. The van der Waals surface area contributed by atoms with Crippen LogP contribution in [0, 0.1) is 0 Å². The second-order valence-corrected chi connectivity index (χ2v) is 5.53. The molecule has 2 rings (SSSR count). The van der Waals surface area contributed by atoms with Gasteiger partial charge in [-0.05, 0) is 56.3 Å². The minimum atomic E-state index is 0.823. The van der Waals surface area contributed by atoms with Gasteiger partial charge in [-0.15, -0.1) is 0 Å². The monoisotopic (exact) mass is 273 g/mol. The fourth-order valence-corrected chi connectivity index (χ4v) is 2.48. The summed E-state index contributed by atoms with van der Waals surface area (Å²) in [6, 6.07) is 8.46. The van der Waals surface area contributed by atoms with Gasteiger partial charge in [-0.3, -0.25) is 0 Å². The molecule has 0 unspecified atom stereocenters. The second kappa shape index (κ2) is 8.80. The van der Waals surface area contributed by atoms with Crippen molar-refractivity contribution >= 4 is 0 Å². The van der Waals surface area contributed by atoms with Crippen LogP contribution in [-0.4, -0.2) is 13.2 Å².